The lowest BCUT2D eigenvalue weighted by Gasteiger charge is -2.03. The lowest BCUT2D eigenvalue weighted by Crippen LogP contribution is -1.85. The van der Waals surface area contributed by atoms with Gasteiger partial charge in [0.1, 0.15) is 0 Å². The van der Waals surface area contributed by atoms with Crippen molar-refractivity contribution in [1.29, 1.82) is 0 Å². The molecule has 1 nitrogen and oxygen atoms in total. The highest BCUT2D eigenvalue weighted by Gasteiger charge is 2.05. The Morgan fingerprint density at radius 1 is 1.25 bits per heavy atom. The van der Waals surface area contributed by atoms with Crippen LogP contribution in [-0.2, 0) is 0 Å². The number of aromatic nitrogens is 1. The van der Waals surface area contributed by atoms with Gasteiger partial charge < -0.3 is 4.98 Å². The Labute approximate surface area is 96.5 Å². The molecule has 0 saturated carbocycles. The first-order chi connectivity index (χ1) is 7.61. The molecule has 1 aromatic carbocycles. The topological polar surface area (TPSA) is 15.8 Å². The molecule has 1 aromatic heterocycles. The molecule has 1 heterocycles. The molecule has 1 N–H and O–H groups in total. The molecule has 0 saturated heterocycles. The van der Waals surface area contributed by atoms with Gasteiger partial charge in [-0.3, -0.25) is 0 Å². The van der Waals surface area contributed by atoms with Gasteiger partial charge in [-0.1, -0.05) is 32.2 Å². The molecule has 0 aliphatic heterocycles. The number of fused-ring (bicyclic) bond motifs is 1. The van der Waals surface area contributed by atoms with E-state index in [-0.39, 0.29) is 0 Å². The Balaban J connectivity index is 2.47. The summed E-state index contributed by atoms with van der Waals surface area (Å²) in [6.07, 6.45) is 0.938. The number of benzene rings is 1. The summed E-state index contributed by atoms with van der Waals surface area (Å²) in [5.74, 6) is 0. The van der Waals surface area contributed by atoms with Gasteiger partial charge in [-0.2, -0.15) is 0 Å². The molecule has 2 aromatic rings. The summed E-state index contributed by atoms with van der Waals surface area (Å²) in [5, 5.41) is 1.23. The number of H-pyrrole nitrogens is 1. The first kappa shape index (κ1) is 10.7. The summed E-state index contributed by atoms with van der Waals surface area (Å²) < 4.78 is 0. The van der Waals surface area contributed by atoms with E-state index >= 15 is 0 Å². The Morgan fingerprint density at radius 3 is 2.69 bits per heavy atom. The molecule has 0 atom stereocenters. The average molecular weight is 211 g/mol. The van der Waals surface area contributed by atoms with Gasteiger partial charge in [-0.15, -0.1) is 0 Å². The van der Waals surface area contributed by atoms with Crippen LogP contribution in [0.1, 0.15) is 24.6 Å². The number of allylic oxidation sites excluding steroid dienone is 2. The summed E-state index contributed by atoms with van der Waals surface area (Å²) in [5.41, 5.74) is 5.60. The smallest absolute Gasteiger partial charge is 0.0461 e. The van der Waals surface area contributed by atoms with Crippen molar-refractivity contribution in [3.63, 3.8) is 0 Å². The van der Waals surface area contributed by atoms with Gasteiger partial charge in [-0.25, -0.2) is 0 Å². The average Bonchev–Trinajstić information content (AvgIpc) is 2.69. The molecule has 0 aliphatic rings. The molecule has 82 valence electrons. The van der Waals surface area contributed by atoms with E-state index in [1.165, 1.54) is 16.5 Å². The van der Waals surface area contributed by atoms with Gasteiger partial charge in [0.05, 0.1) is 0 Å². The van der Waals surface area contributed by atoms with Crippen LogP contribution in [-0.4, -0.2) is 4.98 Å². The van der Waals surface area contributed by atoms with Gasteiger partial charge in [0.15, 0.2) is 0 Å². The Bertz CT molecular complexity index is 558. The zero-order valence-corrected chi connectivity index (χ0v) is 9.93. The quantitative estimate of drug-likeness (QED) is 0.722. The minimum absolute atomic E-state index is 0.938. The fraction of sp³-hybridized carbons (Fsp3) is 0.200. The Kier molecular flexibility index (Phi) is 2.69. The van der Waals surface area contributed by atoms with E-state index < -0.39 is 0 Å². The van der Waals surface area contributed by atoms with Crippen LogP contribution >= 0.6 is 0 Å². The number of rotatable bonds is 3. The standard InChI is InChI=1S/C15H17N/c1-5-11(3)12(4)14-9-13-7-6-10(2)8-15(13)16-14/h6-9,16H,3-5H2,1-2H3. The van der Waals surface area contributed by atoms with Crippen LogP contribution in [0.4, 0.5) is 0 Å². The Hall–Kier alpha value is -1.76. The van der Waals surface area contributed by atoms with Gasteiger partial charge in [-0.05, 0) is 42.2 Å². The molecule has 0 aliphatic carbocycles. The van der Waals surface area contributed by atoms with Crippen LogP contribution in [0, 0.1) is 6.92 Å². The summed E-state index contributed by atoms with van der Waals surface area (Å²) in [6.45, 7) is 12.3. The van der Waals surface area contributed by atoms with Crippen LogP contribution in [0.25, 0.3) is 16.5 Å². The minimum Gasteiger partial charge on any atom is -0.355 e. The van der Waals surface area contributed by atoms with Crippen LogP contribution in [0.5, 0.6) is 0 Å². The normalized spacial score (nSPS) is 10.6. The summed E-state index contributed by atoms with van der Waals surface area (Å²) in [4.78, 5) is 3.39. The third-order valence-corrected chi connectivity index (χ3v) is 2.96. The van der Waals surface area contributed by atoms with Crippen molar-refractivity contribution in [2.45, 2.75) is 20.3 Å². The molecule has 0 spiro atoms. The number of hydrogen-bond donors (Lipinski definition) is 1. The van der Waals surface area contributed by atoms with Crippen molar-refractivity contribution < 1.29 is 0 Å². The fourth-order valence-corrected chi connectivity index (χ4v) is 1.81. The molecule has 2 rings (SSSR count). The first-order valence-electron chi connectivity index (χ1n) is 5.58. The van der Waals surface area contributed by atoms with Crippen LogP contribution < -0.4 is 0 Å². The van der Waals surface area contributed by atoms with Crippen molar-refractivity contribution in [2.24, 2.45) is 0 Å². The van der Waals surface area contributed by atoms with Crippen LogP contribution in [0.3, 0.4) is 0 Å². The predicted octanol–water partition coefficient (Wildman–Crippen LogP) is 4.46. The highest BCUT2D eigenvalue weighted by molar-refractivity contribution is 5.87. The second-order valence-electron chi connectivity index (χ2n) is 4.21. The van der Waals surface area contributed by atoms with E-state index in [9.17, 15) is 0 Å². The van der Waals surface area contributed by atoms with E-state index in [0.29, 0.717) is 0 Å². The molecule has 16 heavy (non-hydrogen) atoms. The second kappa shape index (κ2) is 4.01. The third kappa shape index (κ3) is 1.81. The van der Waals surface area contributed by atoms with Gasteiger partial charge in [0, 0.05) is 16.6 Å². The lowest BCUT2D eigenvalue weighted by atomic mass is 10.0. The predicted molar refractivity (Wildman–Crippen MR) is 71.5 cm³/mol. The molecule has 0 amide bonds. The van der Waals surface area contributed by atoms with Gasteiger partial charge in [0.25, 0.3) is 0 Å². The van der Waals surface area contributed by atoms with E-state index in [0.717, 1.165) is 23.3 Å². The van der Waals surface area contributed by atoms with Crippen LogP contribution in [0.2, 0.25) is 0 Å². The molecule has 0 fully saturated rings. The number of nitrogens with one attached hydrogen (secondary N) is 1. The van der Waals surface area contributed by atoms with Gasteiger partial charge in [0.2, 0.25) is 0 Å². The van der Waals surface area contributed by atoms with E-state index in [1.807, 2.05) is 0 Å². The second-order valence-corrected chi connectivity index (χ2v) is 4.21. The SMILES string of the molecule is C=C(CC)C(=C)c1cc2ccc(C)cc2[nH]1. The lowest BCUT2D eigenvalue weighted by molar-refractivity contribution is 1.16. The molecular formula is C15H17N. The first-order valence-corrected chi connectivity index (χ1v) is 5.58. The highest BCUT2D eigenvalue weighted by Crippen LogP contribution is 2.25. The molecule has 1 heteroatoms. The molecule has 0 unspecified atom stereocenters. The van der Waals surface area contributed by atoms with Crippen LogP contribution in [0.15, 0.2) is 43.0 Å². The van der Waals surface area contributed by atoms with Crippen molar-refractivity contribution in [3.05, 3.63) is 54.3 Å². The summed E-state index contributed by atoms with van der Waals surface area (Å²) in [7, 11) is 0. The maximum atomic E-state index is 4.08. The Morgan fingerprint density at radius 2 is 2.00 bits per heavy atom. The largest absolute Gasteiger partial charge is 0.355 e. The maximum absolute atomic E-state index is 4.08. The van der Waals surface area contributed by atoms with Crippen molar-refractivity contribution in [1.82, 2.24) is 4.98 Å². The summed E-state index contributed by atoms with van der Waals surface area (Å²) >= 11 is 0. The van der Waals surface area contributed by atoms with Crippen molar-refractivity contribution in [3.8, 4) is 0 Å². The molecule has 0 radical (unpaired) electrons. The molecular weight excluding hydrogens is 194 g/mol. The zero-order valence-electron chi connectivity index (χ0n) is 9.93. The molecule has 0 bridgehead atoms. The number of aromatic amines is 1. The summed E-state index contributed by atoms with van der Waals surface area (Å²) in [6, 6.07) is 8.54. The van der Waals surface area contributed by atoms with E-state index in [4.69, 9.17) is 0 Å². The monoisotopic (exact) mass is 211 g/mol. The van der Waals surface area contributed by atoms with Gasteiger partial charge >= 0.3 is 0 Å². The van der Waals surface area contributed by atoms with E-state index in [1.54, 1.807) is 0 Å². The highest BCUT2D eigenvalue weighted by atomic mass is 14.7. The zero-order chi connectivity index (χ0) is 11.7. The van der Waals surface area contributed by atoms with Crippen molar-refractivity contribution >= 4 is 16.5 Å². The third-order valence-electron chi connectivity index (χ3n) is 2.96. The fourth-order valence-electron chi connectivity index (χ4n) is 1.81. The maximum Gasteiger partial charge on any atom is 0.0461 e. The van der Waals surface area contributed by atoms with E-state index in [2.05, 4.69) is 56.3 Å². The van der Waals surface area contributed by atoms with Crippen molar-refractivity contribution in [2.75, 3.05) is 0 Å². The number of aryl methyl sites for hydroxylation is 1. The minimum atomic E-state index is 0.938. The number of hydrogen-bond acceptors (Lipinski definition) is 0.